The quantitative estimate of drug-likeness (QED) is 0.903. The van der Waals surface area contributed by atoms with Gasteiger partial charge in [-0.25, -0.2) is 13.2 Å². The number of benzene rings is 1. The van der Waals surface area contributed by atoms with E-state index < -0.39 is 16.0 Å². The second-order valence-corrected chi connectivity index (χ2v) is 7.92. The van der Waals surface area contributed by atoms with Gasteiger partial charge in [-0.3, -0.25) is 0 Å². The van der Waals surface area contributed by atoms with Gasteiger partial charge in [0, 0.05) is 30.6 Å². The van der Waals surface area contributed by atoms with E-state index in [0.29, 0.717) is 13.2 Å². The van der Waals surface area contributed by atoms with Crippen molar-refractivity contribution in [1.29, 1.82) is 0 Å². The smallest absolute Gasteiger partial charge is 0.337 e. The molecule has 2 fully saturated rings. The van der Waals surface area contributed by atoms with Gasteiger partial charge in [-0.15, -0.1) is 0 Å². The van der Waals surface area contributed by atoms with Crippen molar-refractivity contribution in [1.82, 2.24) is 4.31 Å². The summed E-state index contributed by atoms with van der Waals surface area (Å²) in [6.45, 7) is 1.27. The van der Waals surface area contributed by atoms with Gasteiger partial charge in [0.15, 0.2) is 0 Å². The van der Waals surface area contributed by atoms with Crippen LogP contribution in [-0.4, -0.2) is 49.6 Å². The third-order valence-electron chi connectivity index (χ3n) is 4.19. The molecule has 0 spiro atoms. The molecule has 2 aliphatic rings. The number of carbonyl (C=O) groups is 1. The van der Waals surface area contributed by atoms with E-state index in [9.17, 15) is 18.3 Å². The lowest BCUT2D eigenvalue weighted by Gasteiger charge is -2.23. The van der Waals surface area contributed by atoms with Gasteiger partial charge < -0.3 is 9.84 Å². The Hall–Kier alpha value is -1.15. The highest BCUT2D eigenvalue weighted by atomic mass is 35.5. The van der Waals surface area contributed by atoms with Crippen molar-refractivity contribution in [2.75, 3.05) is 19.7 Å². The van der Waals surface area contributed by atoms with Crippen LogP contribution in [0.1, 0.15) is 23.2 Å². The minimum atomic E-state index is -3.91. The molecule has 6 nitrogen and oxygen atoms in total. The number of fused-ring (bicyclic) bond motifs is 1. The van der Waals surface area contributed by atoms with E-state index in [0.717, 1.165) is 12.8 Å². The van der Waals surface area contributed by atoms with Crippen molar-refractivity contribution in [3.8, 4) is 0 Å². The topological polar surface area (TPSA) is 83.9 Å². The molecule has 0 aromatic heterocycles. The largest absolute Gasteiger partial charge is 0.478 e. The number of hydrogen-bond donors (Lipinski definition) is 1. The molecule has 0 radical (unpaired) electrons. The fourth-order valence-electron chi connectivity index (χ4n) is 3.07. The number of sulfonamides is 1. The van der Waals surface area contributed by atoms with Gasteiger partial charge in [0.2, 0.25) is 10.0 Å². The van der Waals surface area contributed by atoms with Crippen molar-refractivity contribution in [2.24, 2.45) is 5.92 Å². The first-order valence-corrected chi connectivity index (χ1v) is 8.86. The molecule has 120 valence electrons. The predicted octanol–water partition coefficient (Wildman–Crippen LogP) is 1.84. The summed E-state index contributed by atoms with van der Waals surface area (Å²) in [6, 6.07) is 3.79. The van der Waals surface area contributed by atoms with Gasteiger partial charge in [0.1, 0.15) is 0 Å². The maximum Gasteiger partial charge on any atom is 0.337 e. The first-order chi connectivity index (χ1) is 10.4. The van der Waals surface area contributed by atoms with Gasteiger partial charge in [-0.2, -0.15) is 4.31 Å². The Balaban J connectivity index is 1.97. The minimum Gasteiger partial charge on any atom is -0.478 e. The summed E-state index contributed by atoms with van der Waals surface area (Å²) in [5, 5.41) is 9.41. The third-order valence-corrected chi connectivity index (χ3v) is 6.30. The molecular formula is C14H16ClNO5S. The maximum absolute atomic E-state index is 12.8. The molecule has 0 saturated carbocycles. The van der Waals surface area contributed by atoms with Gasteiger partial charge in [-0.05, 0) is 31.0 Å². The molecule has 2 heterocycles. The number of halogens is 1. The van der Waals surface area contributed by atoms with Crippen LogP contribution in [0.25, 0.3) is 0 Å². The van der Waals surface area contributed by atoms with Crippen LogP contribution in [0.3, 0.4) is 0 Å². The number of hydrogen-bond acceptors (Lipinski definition) is 4. The third kappa shape index (κ3) is 2.74. The summed E-state index contributed by atoms with van der Waals surface area (Å²) in [4.78, 5) is 11.0. The maximum atomic E-state index is 12.8. The van der Waals surface area contributed by atoms with Crippen molar-refractivity contribution in [3.63, 3.8) is 0 Å². The van der Waals surface area contributed by atoms with Crippen LogP contribution < -0.4 is 0 Å². The van der Waals surface area contributed by atoms with Crippen LogP contribution in [0, 0.1) is 5.92 Å². The van der Waals surface area contributed by atoms with Gasteiger partial charge in [0.25, 0.3) is 0 Å². The number of nitrogens with zero attached hydrogens (tertiary/aromatic N) is 1. The van der Waals surface area contributed by atoms with Crippen LogP contribution in [0.4, 0.5) is 0 Å². The zero-order valence-electron chi connectivity index (χ0n) is 11.7. The van der Waals surface area contributed by atoms with Crippen LogP contribution in [0.2, 0.25) is 5.02 Å². The monoisotopic (exact) mass is 345 g/mol. The highest BCUT2D eigenvalue weighted by Gasteiger charge is 2.42. The summed E-state index contributed by atoms with van der Waals surface area (Å²) >= 11 is 5.86. The van der Waals surface area contributed by atoms with E-state index in [1.165, 1.54) is 22.5 Å². The average molecular weight is 346 g/mol. The molecule has 0 bridgehead atoms. The first kappa shape index (κ1) is 15.7. The highest BCUT2D eigenvalue weighted by Crippen LogP contribution is 2.33. The van der Waals surface area contributed by atoms with E-state index in [1.54, 1.807) is 0 Å². The average Bonchev–Trinajstić information content (AvgIpc) is 2.91. The molecule has 0 aliphatic carbocycles. The first-order valence-electron chi connectivity index (χ1n) is 7.04. The molecule has 1 aromatic rings. The lowest BCUT2D eigenvalue weighted by Crippen LogP contribution is -2.31. The summed E-state index contributed by atoms with van der Waals surface area (Å²) in [7, 11) is -3.91. The minimum absolute atomic E-state index is 0.101. The second-order valence-electron chi connectivity index (χ2n) is 5.58. The van der Waals surface area contributed by atoms with E-state index in [-0.39, 0.29) is 34.0 Å². The fraction of sp³-hybridized carbons (Fsp3) is 0.500. The van der Waals surface area contributed by atoms with Crippen molar-refractivity contribution < 1.29 is 23.1 Å². The SMILES string of the molecule is O=C(O)c1ccc(Cl)cc1S(=O)(=O)N1C[C@@H]2CCCO[C@@H]2C1. The summed E-state index contributed by atoms with van der Waals surface area (Å²) < 4.78 is 32.5. The zero-order valence-corrected chi connectivity index (χ0v) is 13.3. The lowest BCUT2D eigenvalue weighted by atomic mass is 9.98. The fourth-order valence-corrected chi connectivity index (χ4v) is 5.03. The van der Waals surface area contributed by atoms with Crippen LogP contribution in [0.15, 0.2) is 23.1 Å². The number of carboxylic acids is 1. The number of rotatable bonds is 3. The molecule has 2 aliphatic heterocycles. The second kappa shape index (κ2) is 5.81. The number of carboxylic acid groups (broad SMARTS) is 1. The number of aromatic carboxylic acids is 1. The van der Waals surface area contributed by atoms with E-state index >= 15 is 0 Å². The molecule has 0 amide bonds. The Kier molecular flexibility index (Phi) is 4.15. The standard InChI is InChI=1S/C14H16ClNO5S/c15-10-3-4-11(14(17)18)13(6-10)22(19,20)16-7-9-2-1-5-21-12(9)8-16/h3-4,6,9,12H,1-2,5,7-8H2,(H,17,18)/t9-,12+/m0/s1. The molecule has 3 rings (SSSR count). The lowest BCUT2D eigenvalue weighted by molar-refractivity contribution is -0.0000907. The van der Waals surface area contributed by atoms with Crippen molar-refractivity contribution in [2.45, 2.75) is 23.8 Å². The molecule has 8 heteroatoms. The normalized spacial score (nSPS) is 25.9. The van der Waals surface area contributed by atoms with E-state index in [1.807, 2.05) is 0 Å². The van der Waals surface area contributed by atoms with Crippen molar-refractivity contribution >= 4 is 27.6 Å². The van der Waals surface area contributed by atoms with Crippen LogP contribution in [-0.2, 0) is 14.8 Å². The Morgan fingerprint density at radius 2 is 2.14 bits per heavy atom. The number of ether oxygens (including phenoxy) is 1. The predicted molar refractivity (Wildman–Crippen MR) is 79.6 cm³/mol. The molecule has 2 atom stereocenters. The molecular weight excluding hydrogens is 330 g/mol. The van der Waals surface area contributed by atoms with Gasteiger partial charge in [0.05, 0.1) is 16.6 Å². The van der Waals surface area contributed by atoms with E-state index in [4.69, 9.17) is 16.3 Å². The molecule has 1 aromatic carbocycles. The van der Waals surface area contributed by atoms with Crippen molar-refractivity contribution in [3.05, 3.63) is 28.8 Å². The summed E-state index contributed by atoms with van der Waals surface area (Å²) in [5.41, 5.74) is -0.264. The Morgan fingerprint density at radius 3 is 2.82 bits per heavy atom. The molecule has 22 heavy (non-hydrogen) atoms. The zero-order chi connectivity index (χ0) is 15.9. The van der Waals surface area contributed by atoms with Crippen LogP contribution in [0.5, 0.6) is 0 Å². The molecule has 1 N–H and O–H groups in total. The Morgan fingerprint density at radius 1 is 1.36 bits per heavy atom. The molecule has 2 saturated heterocycles. The van der Waals surface area contributed by atoms with Gasteiger partial charge in [-0.1, -0.05) is 11.6 Å². The molecule has 0 unspecified atom stereocenters. The summed E-state index contributed by atoms with van der Waals surface area (Å²) in [5.74, 6) is -1.11. The highest BCUT2D eigenvalue weighted by molar-refractivity contribution is 7.89. The summed E-state index contributed by atoms with van der Waals surface area (Å²) in [6.07, 6.45) is 1.75. The van der Waals surface area contributed by atoms with E-state index in [2.05, 4.69) is 0 Å². The Labute approximate surface area is 133 Å². The van der Waals surface area contributed by atoms with Gasteiger partial charge >= 0.3 is 5.97 Å². The Bertz CT molecular complexity index is 691. The van der Waals surface area contributed by atoms with Crippen LogP contribution >= 0.6 is 11.6 Å².